The highest BCUT2D eigenvalue weighted by atomic mass is 127. The fourth-order valence-electron chi connectivity index (χ4n) is 4.00. The maximum absolute atomic E-state index is 14.2. The van der Waals surface area contributed by atoms with Gasteiger partial charge in [-0.05, 0) is 43.2 Å². The molecule has 0 spiro atoms. The molecule has 1 aromatic carbocycles. The molecule has 0 atom stereocenters. The molecule has 2 aliphatic rings. The average Bonchev–Trinajstić information content (AvgIpc) is 3.41. The second kappa shape index (κ2) is 10.0. The van der Waals surface area contributed by atoms with Crippen LogP contribution < -0.4 is 10.6 Å². The summed E-state index contributed by atoms with van der Waals surface area (Å²) in [6.45, 7) is 8.77. The lowest BCUT2D eigenvalue weighted by Gasteiger charge is -2.34. The van der Waals surface area contributed by atoms with Gasteiger partial charge in [0.15, 0.2) is 5.96 Å². The summed E-state index contributed by atoms with van der Waals surface area (Å²) in [5.74, 6) is 1.48. The highest BCUT2D eigenvalue weighted by Gasteiger charge is 2.45. The van der Waals surface area contributed by atoms with Crippen LogP contribution in [0.1, 0.15) is 45.1 Å². The molecule has 1 aliphatic carbocycles. The third kappa shape index (κ3) is 6.04. The third-order valence-electron chi connectivity index (χ3n) is 5.67. The molecule has 6 heteroatoms. The van der Waals surface area contributed by atoms with Crippen LogP contribution >= 0.6 is 24.0 Å². The molecule has 0 aromatic heterocycles. The van der Waals surface area contributed by atoms with Crippen LogP contribution in [0.5, 0.6) is 0 Å². The van der Waals surface area contributed by atoms with Gasteiger partial charge in [-0.25, -0.2) is 4.39 Å². The van der Waals surface area contributed by atoms with Crippen LogP contribution in [0.25, 0.3) is 0 Å². The first-order valence-electron chi connectivity index (χ1n) is 9.97. The van der Waals surface area contributed by atoms with E-state index in [2.05, 4.69) is 34.4 Å². The standard InChI is InChI=1S/C21H33FN4.HI/c1-16(2)14-26-12-8-17(9-13-26)25-20(23-3)24-15-21(10-11-21)18-6-4-5-7-19(18)22;/h4-7,16-17H,8-15H2,1-3H3,(H2,23,24,25);1H. The monoisotopic (exact) mass is 488 g/mol. The van der Waals surface area contributed by atoms with Gasteiger partial charge in [0.05, 0.1) is 0 Å². The fraction of sp³-hybridized carbons (Fsp3) is 0.667. The summed E-state index contributed by atoms with van der Waals surface area (Å²) < 4.78 is 14.2. The Morgan fingerprint density at radius 1 is 1.26 bits per heavy atom. The topological polar surface area (TPSA) is 39.7 Å². The van der Waals surface area contributed by atoms with Gasteiger partial charge in [0.1, 0.15) is 5.82 Å². The van der Waals surface area contributed by atoms with Gasteiger partial charge in [-0.2, -0.15) is 0 Å². The summed E-state index contributed by atoms with van der Waals surface area (Å²) in [7, 11) is 1.81. The highest BCUT2D eigenvalue weighted by Crippen LogP contribution is 2.48. The lowest BCUT2D eigenvalue weighted by atomic mass is 9.95. The smallest absolute Gasteiger partial charge is 0.191 e. The SMILES string of the molecule is CN=C(NCC1(c2ccccc2F)CC1)NC1CCN(CC(C)C)CC1.I. The highest BCUT2D eigenvalue weighted by molar-refractivity contribution is 14.0. The zero-order valence-electron chi connectivity index (χ0n) is 16.8. The fourth-order valence-corrected chi connectivity index (χ4v) is 4.00. The molecule has 0 amide bonds. The molecule has 1 aromatic rings. The minimum absolute atomic E-state index is 0. The normalized spacial score (nSPS) is 20.3. The molecule has 4 nitrogen and oxygen atoms in total. The minimum atomic E-state index is -0.0905. The first-order valence-corrected chi connectivity index (χ1v) is 9.97. The van der Waals surface area contributed by atoms with Gasteiger partial charge in [0.2, 0.25) is 0 Å². The van der Waals surface area contributed by atoms with Crippen LogP contribution in [0.3, 0.4) is 0 Å². The van der Waals surface area contributed by atoms with Gasteiger partial charge in [-0.3, -0.25) is 4.99 Å². The molecule has 1 saturated heterocycles. The Kier molecular flexibility index (Phi) is 8.34. The molecule has 0 unspecified atom stereocenters. The summed E-state index contributed by atoms with van der Waals surface area (Å²) in [5, 5.41) is 7.01. The van der Waals surface area contributed by atoms with Crippen molar-refractivity contribution >= 4 is 29.9 Å². The van der Waals surface area contributed by atoms with Crippen molar-refractivity contribution < 1.29 is 4.39 Å². The number of benzene rings is 1. The number of hydrogen-bond donors (Lipinski definition) is 2. The number of halogens is 2. The predicted molar refractivity (Wildman–Crippen MR) is 122 cm³/mol. The van der Waals surface area contributed by atoms with Crippen LogP contribution in [0, 0.1) is 11.7 Å². The Hall–Kier alpha value is -0.890. The van der Waals surface area contributed by atoms with Gasteiger partial charge >= 0.3 is 0 Å². The zero-order chi connectivity index (χ0) is 18.6. The Morgan fingerprint density at radius 2 is 1.93 bits per heavy atom. The maximum atomic E-state index is 14.2. The molecule has 27 heavy (non-hydrogen) atoms. The number of hydrogen-bond acceptors (Lipinski definition) is 2. The maximum Gasteiger partial charge on any atom is 0.191 e. The second-order valence-electron chi connectivity index (χ2n) is 8.30. The molecule has 2 fully saturated rings. The molecule has 2 N–H and O–H groups in total. The number of piperidine rings is 1. The summed E-state index contributed by atoms with van der Waals surface area (Å²) in [6.07, 6.45) is 4.36. The predicted octanol–water partition coefficient (Wildman–Crippen LogP) is 3.76. The summed E-state index contributed by atoms with van der Waals surface area (Å²) in [6, 6.07) is 7.64. The van der Waals surface area contributed by atoms with Crippen LogP contribution in [-0.2, 0) is 5.41 Å². The Balaban J connectivity index is 0.00000261. The van der Waals surface area contributed by atoms with Gasteiger partial charge in [0, 0.05) is 44.7 Å². The van der Waals surface area contributed by atoms with E-state index in [1.165, 1.54) is 6.54 Å². The lowest BCUT2D eigenvalue weighted by Crippen LogP contribution is -2.50. The van der Waals surface area contributed by atoms with E-state index in [-0.39, 0.29) is 35.2 Å². The van der Waals surface area contributed by atoms with Crippen LogP contribution in [0.2, 0.25) is 0 Å². The first-order chi connectivity index (χ1) is 12.5. The Bertz CT molecular complexity index is 622. The molecule has 1 heterocycles. The number of likely N-dealkylation sites (tertiary alicyclic amines) is 1. The summed E-state index contributed by atoms with van der Waals surface area (Å²) in [4.78, 5) is 6.94. The van der Waals surface area contributed by atoms with Crippen molar-refractivity contribution in [2.24, 2.45) is 10.9 Å². The third-order valence-corrected chi connectivity index (χ3v) is 5.67. The summed E-state index contributed by atoms with van der Waals surface area (Å²) in [5.41, 5.74) is 0.772. The molecule has 1 aliphatic heterocycles. The Morgan fingerprint density at radius 3 is 2.48 bits per heavy atom. The molecule has 152 valence electrons. The van der Waals surface area contributed by atoms with Gasteiger partial charge in [-0.1, -0.05) is 32.0 Å². The first kappa shape index (κ1) is 22.4. The Labute approximate surface area is 180 Å². The lowest BCUT2D eigenvalue weighted by molar-refractivity contribution is 0.187. The van der Waals surface area contributed by atoms with Gasteiger partial charge in [-0.15, -0.1) is 24.0 Å². The van der Waals surface area contributed by atoms with E-state index in [0.29, 0.717) is 6.04 Å². The average molecular weight is 488 g/mol. The number of aliphatic imine (C=N–C) groups is 1. The van der Waals surface area contributed by atoms with E-state index in [1.807, 2.05) is 19.2 Å². The van der Waals surface area contributed by atoms with Gasteiger partial charge < -0.3 is 15.5 Å². The molecule has 3 rings (SSSR count). The number of guanidine groups is 1. The summed E-state index contributed by atoms with van der Waals surface area (Å²) >= 11 is 0. The number of rotatable bonds is 6. The molecular formula is C21H34FIN4. The molecular weight excluding hydrogens is 454 g/mol. The van der Waals surface area contributed by atoms with Crippen molar-refractivity contribution in [1.82, 2.24) is 15.5 Å². The van der Waals surface area contributed by atoms with Crippen molar-refractivity contribution in [3.8, 4) is 0 Å². The van der Waals surface area contributed by atoms with E-state index >= 15 is 0 Å². The molecule has 0 bridgehead atoms. The van der Waals surface area contributed by atoms with Crippen molar-refractivity contribution in [1.29, 1.82) is 0 Å². The van der Waals surface area contributed by atoms with E-state index in [9.17, 15) is 4.39 Å². The van der Waals surface area contributed by atoms with E-state index in [1.54, 1.807) is 12.1 Å². The molecule has 0 radical (unpaired) electrons. The van der Waals surface area contributed by atoms with Gasteiger partial charge in [0.25, 0.3) is 0 Å². The quantitative estimate of drug-likeness (QED) is 0.364. The van der Waals surface area contributed by atoms with Crippen LogP contribution in [0.15, 0.2) is 29.3 Å². The largest absolute Gasteiger partial charge is 0.356 e. The number of nitrogens with zero attached hydrogens (tertiary/aromatic N) is 2. The molecule has 1 saturated carbocycles. The van der Waals surface area contributed by atoms with Crippen LogP contribution in [-0.4, -0.2) is 50.1 Å². The van der Waals surface area contributed by atoms with E-state index < -0.39 is 0 Å². The van der Waals surface area contributed by atoms with Crippen molar-refractivity contribution in [2.75, 3.05) is 33.2 Å². The van der Waals surface area contributed by atoms with Crippen molar-refractivity contribution in [3.05, 3.63) is 35.6 Å². The minimum Gasteiger partial charge on any atom is -0.356 e. The van der Waals surface area contributed by atoms with E-state index in [4.69, 9.17) is 0 Å². The zero-order valence-corrected chi connectivity index (χ0v) is 19.1. The number of nitrogens with one attached hydrogen (secondary N) is 2. The second-order valence-corrected chi connectivity index (χ2v) is 8.30. The van der Waals surface area contributed by atoms with Crippen molar-refractivity contribution in [3.63, 3.8) is 0 Å². The van der Waals surface area contributed by atoms with E-state index in [0.717, 1.165) is 62.8 Å². The van der Waals surface area contributed by atoms with Crippen molar-refractivity contribution in [2.45, 2.75) is 51.0 Å². The van der Waals surface area contributed by atoms with Crippen LogP contribution in [0.4, 0.5) is 4.39 Å².